The van der Waals surface area contributed by atoms with Crippen LogP contribution in [-0.2, 0) is 12.7 Å². The molecule has 2 aromatic heterocycles. The highest BCUT2D eigenvalue weighted by Crippen LogP contribution is 2.37. The number of halogens is 5. The minimum atomic E-state index is -4.67. The van der Waals surface area contributed by atoms with Crippen LogP contribution in [0.3, 0.4) is 0 Å². The first kappa shape index (κ1) is 19.0. The molecular formula is C19H9ClF4N4O. The van der Waals surface area contributed by atoms with Crippen LogP contribution in [0.15, 0.2) is 47.1 Å². The summed E-state index contributed by atoms with van der Waals surface area (Å²) >= 11 is 5.64. The van der Waals surface area contributed by atoms with E-state index in [9.17, 15) is 17.6 Å². The van der Waals surface area contributed by atoms with Crippen LogP contribution in [0.25, 0.3) is 22.4 Å². The molecule has 0 aliphatic heterocycles. The van der Waals surface area contributed by atoms with Gasteiger partial charge in [0.25, 0.3) is 5.89 Å². The van der Waals surface area contributed by atoms with Crippen LogP contribution in [0, 0.1) is 17.1 Å². The van der Waals surface area contributed by atoms with Crippen LogP contribution in [0.4, 0.5) is 17.6 Å². The van der Waals surface area contributed by atoms with Crippen molar-refractivity contribution in [3.8, 4) is 17.5 Å². The SMILES string of the molecule is N#Cc1ccc2c(ccn2Cc2noc(-c3ccc(Cl)c(F)c3)n2)c1C(F)(F)F. The molecule has 4 aromatic rings. The van der Waals surface area contributed by atoms with E-state index >= 15 is 0 Å². The van der Waals surface area contributed by atoms with Crippen molar-refractivity contribution < 1.29 is 22.1 Å². The Morgan fingerprint density at radius 3 is 2.66 bits per heavy atom. The first-order valence-electron chi connectivity index (χ1n) is 8.15. The third-order valence-electron chi connectivity index (χ3n) is 4.30. The summed E-state index contributed by atoms with van der Waals surface area (Å²) in [6.07, 6.45) is -3.23. The van der Waals surface area contributed by atoms with Crippen LogP contribution >= 0.6 is 11.6 Å². The summed E-state index contributed by atoms with van der Waals surface area (Å²) < 4.78 is 60.5. The van der Waals surface area contributed by atoms with Gasteiger partial charge >= 0.3 is 6.18 Å². The quantitative estimate of drug-likeness (QED) is 0.415. The Bertz CT molecular complexity index is 1270. The summed E-state index contributed by atoms with van der Waals surface area (Å²) in [4.78, 5) is 4.15. The van der Waals surface area contributed by atoms with Crippen LogP contribution in [0.2, 0.25) is 5.02 Å². The zero-order chi connectivity index (χ0) is 20.8. The Kier molecular flexibility index (Phi) is 4.51. The van der Waals surface area contributed by atoms with Crippen LogP contribution in [-0.4, -0.2) is 14.7 Å². The summed E-state index contributed by atoms with van der Waals surface area (Å²) in [5, 5.41) is 12.7. The number of alkyl halides is 3. The Balaban J connectivity index is 1.70. The summed E-state index contributed by atoms with van der Waals surface area (Å²) in [6, 6.07) is 9.41. The molecular weight excluding hydrogens is 412 g/mol. The van der Waals surface area contributed by atoms with E-state index in [-0.39, 0.29) is 34.2 Å². The lowest BCUT2D eigenvalue weighted by atomic mass is 10.0. The molecule has 0 bridgehead atoms. The monoisotopic (exact) mass is 420 g/mol. The highest BCUT2D eigenvalue weighted by molar-refractivity contribution is 6.30. The van der Waals surface area contributed by atoms with Crippen molar-refractivity contribution >= 4 is 22.5 Å². The highest BCUT2D eigenvalue weighted by atomic mass is 35.5. The number of rotatable bonds is 3. The van der Waals surface area contributed by atoms with Gasteiger partial charge in [0.15, 0.2) is 5.82 Å². The molecule has 146 valence electrons. The third-order valence-corrected chi connectivity index (χ3v) is 4.61. The molecule has 0 unspecified atom stereocenters. The number of nitrogens with zero attached hydrogens (tertiary/aromatic N) is 4. The summed E-state index contributed by atoms with van der Waals surface area (Å²) in [7, 11) is 0. The molecule has 29 heavy (non-hydrogen) atoms. The molecule has 0 fully saturated rings. The van der Waals surface area contributed by atoms with E-state index in [2.05, 4.69) is 10.1 Å². The van der Waals surface area contributed by atoms with E-state index in [0.29, 0.717) is 5.56 Å². The number of nitriles is 1. The van der Waals surface area contributed by atoms with Gasteiger partial charge in [-0.05, 0) is 36.4 Å². The van der Waals surface area contributed by atoms with E-state index in [1.165, 1.54) is 35.0 Å². The maximum Gasteiger partial charge on any atom is 0.418 e. The number of fused-ring (bicyclic) bond motifs is 1. The maximum absolute atomic E-state index is 13.6. The average molecular weight is 421 g/mol. The topological polar surface area (TPSA) is 67.6 Å². The van der Waals surface area contributed by atoms with Gasteiger partial charge in [0.1, 0.15) is 5.82 Å². The largest absolute Gasteiger partial charge is 0.418 e. The van der Waals surface area contributed by atoms with Crippen molar-refractivity contribution in [3.63, 3.8) is 0 Å². The zero-order valence-electron chi connectivity index (χ0n) is 14.3. The van der Waals surface area contributed by atoms with Gasteiger partial charge in [0.2, 0.25) is 0 Å². The lowest BCUT2D eigenvalue weighted by Gasteiger charge is -2.11. The second-order valence-electron chi connectivity index (χ2n) is 6.12. The summed E-state index contributed by atoms with van der Waals surface area (Å²) in [5.74, 6) is -0.408. The number of hydrogen-bond donors (Lipinski definition) is 0. The van der Waals surface area contributed by atoms with Crippen LogP contribution < -0.4 is 0 Å². The average Bonchev–Trinajstić information content (AvgIpc) is 3.30. The molecule has 2 aromatic carbocycles. The van der Waals surface area contributed by atoms with E-state index in [1.807, 2.05) is 0 Å². The molecule has 4 rings (SSSR count). The van der Waals surface area contributed by atoms with Crippen LogP contribution in [0.5, 0.6) is 0 Å². The van der Waals surface area contributed by atoms with Gasteiger partial charge in [0.05, 0.1) is 28.8 Å². The van der Waals surface area contributed by atoms with E-state index in [1.54, 1.807) is 6.07 Å². The van der Waals surface area contributed by atoms with E-state index in [4.69, 9.17) is 21.4 Å². The Morgan fingerprint density at radius 2 is 1.97 bits per heavy atom. The maximum atomic E-state index is 13.6. The molecule has 0 atom stereocenters. The number of benzene rings is 2. The second-order valence-corrected chi connectivity index (χ2v) is 6.53. The predicted molar refractivity (Wildman–Crippen MR) is 95.5 cm³/mol. The molecule has 0 radical (unpaired) electrons. The van der Waals surface area contributed by atoms with Crippen molar-refractivity contribution in [2.45, 2.75) is 12.7 Å². The van der Waals surface area contributed by atoms with Gasteiger partial charge < -0.3 is 9.09 Å². The minimum Gasteiger partial charge on any atom is -0.340 e. The van der Waals surface area contributed by atoms with Gasteiger partial charge in [-0.1, -0.05) is 16.8 Å². The summed E-state index contributed by atoms with van der Waals surface area (Å²) in [6.45, 7) is 0.0201. The van der Waals surface area contributed by atoms with E-state index in [0.717, 1.165) is 12.1 Å². The first-order valence-corrected chi connectivity index (χ1v) is 8.53. The van der Waals surface area contributed by atoms with Gasteiger partial charge in [-0.15, -0.1) is 0 Å². The van der Waals surface area contributed by atoms with E-state index < -0.39 is 23.1 Å². The third kappa shape index (κ3) is 3.43. The highest BCUT2D eigenvalue weighted by Gasteiger charge is 2.36. The fourth-order valence-corrected chi connectivity index (χ4v) is 3.14. The van der Waals surface area contributed by atoms with Crippen molar-refractivity contribution in [1.82, 2.24) is 14.7 Å². The molecule has 0 saturated carbocycles. The lowest BCUT2D eigenvalue weighted by Crippen LogP contribution is -2.09. The van der Waals surface area contributed by atoms with Gasteiger partial charge in [-0.3, -0.25) is 0 Å². The molecule has 0 N–H and O–H groups in total. The second kappa shape index (κ2) is 6.90. The molecule has 0 spiro atoms. The normalized spacial score (nSPS) is 11.7. The number of aromatic nitrogens is 3. The molecule has 0 amide bonds. The zero-order valence-corrected chi connectivity index (χ0v) is 15.1. The predicted octanol–water partition coefficient (Wildman–Crippen LogP) is 5.42. The summed E-state index contributed by atoms with van der Waals surface area (Å²) in [5.41, 5.74) is -0.850. The number of hydrogen-bond acceptors (Lipinski definition) is 4. The minimum absolute atomic E-state index is 0.0201. The van der Waals surface area contributed by atoms with Gasteiger partial charge in [-0.2, -0.15) is 23.4 Å². The van der Waals surface area contributed by atoms with Crippen molar-refractivity contribution in [3.05, 3.63) is 70.4 Å². The Morgan fingerprint density at radius 1 is 1.17 bits per heavy atom. The smallest absolute Gasteiger partial charge is 0.340 e. The molecule has 0 aliphatic carbocycles. The van der Waals surface area contributed by atoms with Crippen molar-refractivity contribution in [1.29, 1.82) is 5.26 Å². The molecule has 5 nitrogen and oxygen atoms in total. The van der Waals surface area contributed by atoms with Gasteiger partial charge in [0, 0.05) is 22.7 Å². The van der Waals surface area contributed by atoms with Crippen molar-refractivity contribution in [2.75, 3.05) is 0 Å². The Hall–Kier alpha value is -3.38. The fraction of sp³-hybridized carbons (Fsp3) is 0.105. The van der Waals surface area contributed by atoms with Gasteiger partial charge in [-0.25, -0.2) is 4.39 Å². The fourth-order valence-electron chi connectivity index (χ4n) is 3.03. The molecule has 10 heteroatoms. The van der Waals surface area contributed by atoms with Crippen molar-refractivity contribution in [2.24, 2.45) is 0 Å². The molecule has 0 aliphatic rings. The molecule has 2 heterocycles. The lowest BCUT2D eigenvalue weighted by molar-refractivity contribution is -0.136. The standard InChI is InChI=1S/C19H9ClF4N4O/c20-13-3-1-10(7-14(13)21)18-26-16(27-29-18)9-28-6-5-12-15(28)4-2-11(8-25)17(12)19(22,23)24/h1-7H,9H2. The Labute approximate surface area is 165 Å². The van der Waals surface area contributed by atoms with Crippen LogP contribution in [0.1, 0.15) is 17.0 Å². The molecule has 0 saturated heterocycles. The first-order chi connectivity index (χ1) is 13.8.